The molecule has 0 saturated heterocycles. The molecule has 4 rings (SSSR count). The maximum absolute atomic E-state index is 6.34. The van der Waals surface area contributed by atoms with Gasteiger partial charge >= 0.3 is 0 Å². The largest absolute Gasteiger partial charge is 0.437 e. The van der Waals surface area contributed by atoms with E-state index in [4.69, 9.17) is 9.40 Å². The third-order valence-corrected chi connectivity index (χ3v) is 6.02. The molecule has 0 aliphatic heterocycles. The van der Waals surface area contributed by atoms with Crippen molar-refractivity contribution in [3.63, 3.8) is 0 Å². The Morgan fingerprint density at radius 3 is 2.46 bits per heavy atom. The lowest BCUT2D eigenvalue weighted by Gasteiger charge is -2.13. The van der Waals surface area contributed by atoms with Crippen molar-refractivity contribution in [3.05, 3.63) is 59.4 Å². The fraction of sp³-hybridized carbons (Fsp3) is 0.360. The molecule has 0 aliphatic carbocycles. The molecule has 3 aromatic heterocycles. The zero-order valence-electron chi connectivity index (χ0n) is 17.5. The lowest BCUT2D eigenvalue weighted by molar-refractivity contribution is -0.660. The number of hydrogen-bond acceptors (Lipinski definition) is 2. The Labute approximate surface area is 167 Å². The third-order valence-electron chi connectivity index (χ3n) is 6.02. The lowest BCUT2D eigenvalue weighted by atomic mass is 9.92. The van der Waals surface area contributed by atoms with Crippen LogP contribution in [0.2, 0.25) is 0 Å². The Hall–Kier alpha value is -2.68. The van der Waals surface area contributed by atoms with Crippen LogP contribution in [0.25, 0.3) is 33.3 Å². The van der Waals surface area contributed by atoms with Crippen LogP contribution in [-0.4, -0.2) is 4.98 Å². The molecule has 0 amide bonds. The van der Waals surface area contributed by atoms with E-state index in [1.54, 1.807) is 0 Å². The minimum atomic E-state index is 0.587. The van der Waals surface area contributed by atoms with Crippen LogP contribution in [0.4, 0.5) is 0 Å². The van der Waals surface area contributed by atoms with Gasteiger partial charge in [0.25, 0.3) is 0 Å². The first-order valence-electron chi connectivity index (χ1n) is 10.4. The number of aryl methyl sites for hydroxylation is 3. The second-order valence-electron chi connectivity index (χ2n) is 7.71. The maximum atomic E-state index is 6.34. The summed E-state index contributed by atoms with van der Waals surface area (Å²) in [6.07, 6.45) is 5.39. The van der Waals surface area contributed by atoms with Gasteiger partial charge in [0, 0.05) is 28.6 Å². The van der Waals surface area contributed by atoms with Gasteiger partial charge < -0.3 is 4.42 Å². The highest BCUT2D eigenvalue weighted by molar-refractivity contribution is 6.08. The minimum absolute atomic E-state index is 0.587. The van der Waals surface area contributed by atoms with Gasteiger partial charge in [-0.05, 0) is 55.4 Å². The van der Waals surface area contributed by atoms with Gasteiger partial charge in [-0.2, -0.15) is 0 Å². The number of furan rings is 1. The Morgan fingerprint density at radius 2 is 1.75 bits per heavy atom. The molecule has 1 aromatic carbocycles. The van der Waals surface area contributed by atoms with Gasteiger partial charge in [0.05, 0.1) is 5.56 Å². The Balaban J connectivity index is 2.00. The van der Waals surface area contributed by atoms with Gasteiger partial charge in [0.15, 0.2) is 11.8 Å². The fourth-order valence-electron chi connectivity index (χ4n) is 4.22. The first-order chi connectivity index (χ1) is 13.6. The van der Waals surface area contributed by atoms with Gasteiger partial charge in [0.1, 0.15) is 7.05 Å². The molecule has 0 unspecified atom stereocenters. The average Bonchev–Trinajstić information content (AvgIpc) is 3.07. The molecule has 144 valence electrons. The monoisotopic (exact) mass is 373 g/mol. The normalized spacial score (nSPS) is 11.8. The summed E-state index contributed by atoms with van der Waals surface area (Å²) in [6.45, 7) is 8.82. The molecule has 3 nitrogen and oxygen atoms in total. The SMILES string of the molecule is CCc1ccc2c(n1)oc1c(-c3cc(C(CC)CC)cc[n+]3C)c(C)ccc12. The van der Waals surface area contributed by atoms with Crippen LogP contribution < -0.4 is 4.57 Å². The molecular weight excluding hydrogens is 344 g/mol. The highest BCUT2D eigenvalue weighted by Crippen LogP contribution is 2.37. The third kappa shape index (κ3) is 2.99. The first-order valence-corrected chi connectivity index (χ1v) is 10.4. The molecule has 0 atom stereocenters. The number of aromatic nitrogens is 2. The topological polar surface area (TPSA) is 29.9 Å². The van der Waals surface area contributed by atoms with Crippen molar-refractivity contribution in [1.29, 1.82) is 0 Å². The van der Waals surface area contributed by atoms with Crippen molar-refractivity contribution in [2.45, 2.75) is 52.9 Å². The number of benzene rings is 1. The molecule has 0 saturated carbocycles. The summed E-state index contributed by atoms with van der Waals surface area (Å²) in [7, 11) is 2.11. The second kappa shape index (κ2) is 7.38. The molecule has 28 heavy (non-hydrogen) atoms. The molecule has 0 aliphatic rings. The highest BCUT2D eigenvalue weighted by Gasteiger charge is 2.22. The number of pyridine rings is 2. The van der Waals surface area contributed by atoms with E-state index in [1.807, 2.05) is 0 Å². The van der Waals surface area contributed by atoms with Crippen LogP contribution >= 0.6 is 0 Å². The second-order valence-corrected chi connectivity index (χ2v) is 7.71. The van der Waals surface area contributed by atoms with Gasteiger partial charge in [-0.25, -0.2) is 9.55 Å². The van der Waals surface area contributed by atoms with Gasteiger partial charge in [0.2, 0.25) is 11.4 Å². The van der Waals surface area contributed by atoms with Crippen LogP contribution in [0, 0.1) is 6.92 Å². The molecule has 0 spiro atoms. The van der Waals surface area contributed by atoms with E-state index >= 15 is 0 Å². The Kier molecular flexibility index (Phi) is 4.92. The van der Waals surface area contributed by atoms with Crippen molar-refractivity contribution >= 4 is 22.1 Å². The van der Waals surface area contributed by atoms with Crippen LogP contribution in [0.5, 0.6) is 0 Å². The predicted molar refractivity (Wildman–Crippen MR) is 116 cm³/mol. The molecule has 0 fully saturated rings. The molecule has 3 heteroatoms. The summed E-state index contributed by atoms with van der Waals surface area (Å²) < 4.78 is 8.55. The number of rotatable bonds is 5. The molecule has 0 bridgehead atoms. The molecule has 3 heterocycles. The van der Waals surface area contributed by atoms with E-state index in [-0.39, 0.29) is 0 Å². The van der Waals surface area contributed by atoms with E-state index < -0.39 is 0 Å². The van der Waals surface area contributed by atoms with Crippen LogP contribution in [0.3, 0.4) is 0 Å². The molecule has 0 radical (unpaired) electrons. The van der Waals surface area contributed by atoms with E-state index in [2.05, 4.69) is 81.9 Å². The van der Waals surface area contributed by atoms with Crippen LogP contribution in [0.15, 0.2) is 47.0 Å². The molecule has 4 aromatic rings. The number of fused-ring (bicyclic) bond motifs is 3. The summed E-state index contributed by atoms with van der Waals surface area (Å²) in [4.78, 5) is 4.72. The summed E-state index contributed by atoms with van der Waals surface area (Å²) in [5.41, 5.74) is 7.72. The Bertz CT molecular complexity index is 1150. The zero-order chi connectivity index (χ0) is 19.8. The fourth-order valence-corrected chi connectivity index (χ4v) is 4.22. The molecule has 0 N–H and O–H groups in total. The van der Waals surface area contributed by atoms with E-state index in [0.717, 1.165) is 47.0 Å². The zero-order valence-corrected chi connectivity index (χ0v) is 17.5. The quantitative estimate of drug-likeness (QED) is 0.387. The average molecular weight is 374 g/mol. The maximum Gasteiger partial charge on any atom is 0.227 e. The van der Waals surface area contributed by atoms with E-state index in [0.29, 0.717) is 5.92 Å². The lowest BCUT2D eigenvalue weighted by Crippen LogP contribution is -2.31. The predicted octanol–water partition coefficient (Wildman–Crippen LogP) is 6.25. The first kappa shape index (κ1) is 18.7. The summed E-state index contributed by atoms with van der Waals surface area (Å²) in [5.74, 6) is 0.587. The number of hydrogen-bond donors (Lipinski definition) is 0. The number of nitrogens with zero attached hydrogens (tertiary/aromatic N) is 2. The van der Waals surface area contributed by atoms with Gasteiger partial charge in [-0.15, -0.1) is 0 Å². The van der Waals surface area contributed by atoms with E-state index in [9.17, 15) is 0 Å². The van der Waals surface area contributed by atoms with Gasteiger partial charge in [-0.1, -0.05) is 32.9 Å². The summed E-state index contributed by atoms with van der Waals surface area (Å²) >= 11 is 0. The minimum Gasteiger partial charge on any atom is -0.437 e. The van der Waals surface area contributed by atoms with Crippen molar-refractivity contribution in [3.8, 4) is 11.3 Å². The molecular formula is C25H29N2O+. The Morgan fingerprint density at radius 1 is 1.00 bits per heavy atom. The van der Waals surface area contributed by atoms with Crippen LogP contribution in [0.1, 0.15) is 56.4 Å². The van der Waals surface area contributed by atoms with Crippen LogP contribution in [-0.2, 0) is 13.5 Å². The standard InChI is InChI=1S/C25H29N2O/c1-6-17(7-2)18-13-14-27(5)22(15-18)23-16(4)9-11-20-21-12-10-19(8-3)26-25(21)28-24(20)23/h9-15,17H,6-8H2,1-5H3/q+1. The van der Waals surface area contributed by atoms with Gasteiger partial charge in [-0.3, -0.25) is 0 Å². The summed E-state index contributed by atoms with van der Waals surface area (Å²) in [5, 5.41) is 2.23. The summed E-state index contributed by atoms with van der Waals surface area (Å²) in [6, 6.07) is 13.2. The highest BCUT2D eigenvalue weighted by atomic mass is 16.3. The van der Waals surface area contributed by atoms with Crippen molar-refractivity contribution < 1.29 is 8.98 Å². The smallest absolute Gasteiger partial charge is 0.227 e. The van der Waals surface area contributed by atoms with Crippen molar-refractivity contribution in [2.24, 2.45) is 7.05 Å². The van der Waals surface area contributed by atoms with Crippen molar-refractivity contribution in [1.82, 2.24) is 4.98 Å². The van der Waals surface area contributed by atoms with Crippen molar-refractivity contribution in [2.75, 3.05) is 0 Å². The van der Waals surface area contributed by atoms with E-state index in [1.165, 1.54) is 22.4 Å².